The molecule has 2 rings (SSSR count). The Morgan fingerprint density at radius 3 is 2.83 bits per heavy atom. The topological polar surface area (TPSA) is 61.0 Å². The highest BCUT2D eigenvalue weighted by Gasteiger charge is 2.04. The SMILES string of the molecule is CCc1cccc(Oc2ncc(CN)c(C)n2)c1. The summed E-state index contributed by atoms with van der Waals surface area (Å²) in [7, 11) is 0. The van der Waals surface area contributed by atoms with Gasteiger partial charge in [0.25, 0.3) is 0 Å². The lowest BCUT2D eigenvalue weighted by atomic mass is 10.2. The number of aryl methyl sites for hydroxylation is 2. The molecule has 0 aliphatic rings. The number of rotatable bonds is 4. The van der Waals surface area contributed by atoms with Crippen LogP contribution in [0, 0.1) is 6.92 Å². The van der Waals surface area contributed by atoms with Gasteiger partial charge in [-0.05, 0) is 31.0 Å². The van der Waals surface area contributed by atoms with Gasteiger partial charge in [0.15, 0.2) is 0 Å². The fourth-order valence-electron chi connectivity index (χ4n) is 1.65. The number of ether oxygens (including phenoxy) is 1. The van der Waals surface area contributed by atoms with E-state index in [1.807, 2.05) is 25.1 Å². The molecule has 94 valence electrons. The summed E-state index contributed by atoms with van der Waals surface area (Å²) in [6.07, 6.45) is 2.69. The number of benzene rings is 1. The highest BCUT2D eigenvalue weighted by molar-refractivity contribution is 5.30. The Bertz CT molecular complexity index is 540. The first kappa shape index (κ1) is 12.5. The van der Waals surface area contributed by atoms with Crippen molar-refractivity contribution in [3.8, 4) is 11.8 Å². The largest absolute Gasteiger partial charge is 0.424 e. The smallest absolute Gasteiger partial charge is 0.322 e. The molecule has 4 nitrogen and oxygen atoms in total. The van der Waals surface area contributed by atoms with Crippen LogP contribution in [0.4, 0.5) is 0 Å². The standard InChI is InChI=1S/C14H17N3O/c1-3-11-5-4-6-13(7-11)18-14-16-9-12(8-15)10(2)17-14/h4-7,9H,3,8,15H2,1-2H3. The zero-order valence-electron chi connectivity index (χ0n) is 10.7. The Morgan fingerprint density at radius 1 is 1.33 bits per heavy atom. The third-order valence-electron chi connectivity index (χ3n) is 2.79. The van der Waals surface area contributed by atoms with Gasteiger partial charge >= 0.3 is 6.01 Å². The van der Waals surface area contributed by atoms with E-state index in [-0.39, 0.29) is 0 Å². The van der Waals surface area contributed by atoms with Crippen LogP contribution in [0.5, 0.6) is 11.8 Å². The number of nitrogens with zero attached hydrogens (tertiary/aromatic N) is 2. The van der Waals surface area contributed by atoms with Crippen LogP contribution >= 0.6 is 0 Å². The Kier molecular flexibility index (Phi) is 3.89. The van der Waals surface area contributed by atoms with E-state index in [1.165, 1.54) is 5.56 Å². The average molecular weight is 243 g/mol. The number of aromatic nitrogens is 2. The number of hydrogen-bond acceptors (Lipinski definition) is 4. The molecule has 18 heavy (non-hydrogen) atoms. The third kappa shape index (κ3) is 2.84. The predicted molar refractivity (Wildman–Crippen MR) is 70.6 cm³/mol. The minimum absolute atomic E-state index is 0.359. The van der Waals surface area contributed by atoms with E-state index in [9.17, 15) is 0 Å². The number of hydrogen-bond donors (Lipinski definition) is 1. The molecule has 4 heteroatoms. The summed E-state index contributed by atoms with van der Waals surface area (Å²) in [5, 5.41) is 0. The van der Waals surface area contributed by atoms with Crippen molar-refractivity contribution in [2.45, 2.75) is 26.8 Å². The lowest BCUT2D eigenvalue weighted by Crippen LogP contribution is -2.03. The first-order valence-electron chi connectivity index (χ1n) is 6.02. The van der Waals surface area contributed by atoms with Crippen molar-refractivity contribution in [3.63, 3.8) is 0 Å². The predicted octanol–water partition coefficient (Wildman–Crippen LogP) is 2.60. The average Bonchev–Trinajstić information content (AvgIpc) is 2.39. The molecule has 0 aliphatic heterocycles. The Balaban J connectivity index is 2.20. The monoisotopic (exact) mass is 243 g/mol. The van der Waals surface area contributed by atoms with Crippen LogP contribution in [0.3, 0.4) is 0 Å². The molecule has 0 fully saturated rings. The minimum atomic E-state index is 0.359. The van der Waals surface area contributed by atoms with Crippen LogP contribution in [0.1, 0.15) is 23.7 Å². The maximum Gasteiger partial charge on any atom is 0.322 e. The second-order valence-corrected chi connectivity index (χ2v) is 4.07. The first-order valence-corrected chi connectivity index (χ1v) is 6.02. The molecule has 0 bridgehead atoms. The molecule has 0 saturated heterocycles. The summed E-state index contributed by atoms with van der Waals surface area (Å²) in [4.78, 5) is 8.43. The van der Waals surface area contributed by atoms with Gasteiger partial charge in [0.05, 0.1) is 0 Å². The second-order valence-electron chi connectivity index (χ2n) is 4.07. The minimum Gasteiger partial charge on any atom is -0.424 e. The molecule has 0 atom stereocenters. The van der Waals surface area contributed by atoms with Gasteiger partial charge in [-0.1, -0.05) is 19.1 Å². The van der Waals surface area contributed by atoms with Crippen LogP contribution in [0.25, 0.3) is 0 Å². The van der Waals surface area contributed by atoms with E-state index in [0.29, 0.717) is 12.6 Å². The molecule has 0 saturated carbocycles. The van der Waals surface area contributed by atoms with Gasteiger partial charge in [-0.15, -0.1) is 0 Å². The molecular weight excluding hydrogens is 226 g/mol. The Labute approximate surface area is 107 Å². The zero-order chi connectivity index (χ0) is 13.0. The van der Waals surface area contributed by atoms with Crippen molar-refractivity contribution >= 4 is 0 Å². The summed E-state index contributed by atoms with van der Waals surface area (Å²) in [6.45, 7) is 4.45. The van der Waals surface area contributed by atoms with E-state index < -0.39 is 0 Å². The molecule has 1 heterocycles. The molecule has 0 aliphatic carbocycles. The molecule has 1 aromatic heterocycles. The molecule has 0 spiro atoms. The van der Waals surface area contributed by atoms with Gasteiger partial charge in [0, 0.05) is 24.0 Å². The summed E-state index contributed by atoms with van der Waals surface area (Å²) >= 11 is 0. The molecule has 2 aromatic rings. The van der Waals surface area contributed by atoms with Crippen LogP contribution in [0.2, 0.25) is 0 Å². The highest BCUT2D eigenvalue weighted by Crippen LogP contribution is 2.20. The van der Waals surface area contributed by atoms with Gasteiger partial charge in [0.2, 0.25) is 0 Å². The Morgan fingerprint density at radius 2 is 2.17 bits per heavy atom. The quantitative estimate of drug-likeness (QED) is 0.896. The van der Waals surface area contributed by atoms with E-state index in [0.717, 1.165) is 23.4 Å². The van der Waals surface area contributed by atoms with Gasteiger partial charge in [0.1, 0.15) is 5.75 Å². The molecule has 0 radical (unpaired) electrons. The van der Waals surface area contributed by atoms with Crippen LogP contribution in [0.15, 0.2) is 30.5 Å². The van der Waals surface area contributed by atoms with Crippen LogP contribution in [-0.2, 0) is 13.0 Å². The maximum absolute atomic E-state index is 5.64. The van der Waals surface area contributed by atoms with Gasteiger partial charge < -0.3 is 10.5 Å². The number of nitrogens with two attached hydrogens (primary N) is 1. The fourth-order valence-corrected chi connectivity index (χ4v) is 1.65. The van der Waals surface area contributed by atoms with Crippen molar-refractivity contribution < 1.29 is 4.74 Å². The van der Waals surface area contributed by atoms with Crippen molar-refractivity contribution in [2.24, 2.45) is 5.73 Å². The van der Waals surface area contributed by atoms with E-state index in [4.69, 9.17) is 10.5 Å². The normalized spacial score (nSPS) is 10.4. The third-order valence-corrected chi connectivity index (χ3v) is 2.79. The van der Waals surface area contributed by atoms with Crippen LogP contribution in [-0.4, -0.2) is 9.97 Å². The fraction of sp³-hybridized carbons (Fsp3) is 0.286. The second kappa shape index (κ2) is 5.60. The van der Waals surface area contributed by atoms with Gasteiger partial charge in [-0.3, -0.25) is 0 Å². The van der Waals surface area contributed by atoms with Crippen molar-refractivity contribution in [3.05, 3.63) is 47.3 Å². The van der Waals surface area contributed by atoms with Gasteiger partial charge in [-0.25, -0.2) is 4.98 Å². The molecule has 1 aromatic carbocycles. The molecule has 0 amide bonds. The Hall–Kier alpha value is -1.94. The molecule has 0 unspecified atom stereocenters. The van der Waals surface area contributed by atoms with Crippen molar-refractivity contribution in [2.75, 3.05) is 0 Å². The van der Waals surface area contributed by atoms with E-state index in [2.05, 4.69) is 23.0 Å². The zero-order valence-corrected chi connectivity index (χ0v) is 10.7. The van der Waals surface area contributed by atoms with Gasteiger partial charge in [-0.2, -0.15) is 4.98 Å². The van der Waals surface area contributed by atoms with E-state index in [1.54, 1.807) is 6.20 Å². The summed E-state index contributed by atoms with van der Waals surface area (Å²) < 4.78 is 5.64. The molecular formula is C14H17N3O. The lowest BCUT2D eigenvalue weighted by Gasteiger charge is -2.07. The summed E-state index contributed by atoms with van der Waals surface area (Å²) in [5.41, 5.74) is 8.59. The van der Waals surface area contributed by atoms with Crippen molar-refractivity contribution in [1.82, 2.24) is 9.97 Å². The first-order chi connectivity index (χ1) is 8.72. The highest BCUT2D eigenvalue weighted by atomic mass is 16.5. The maximum atomic E-state index is 5.64. The van der Waals surface area contributed by atoms with E-state index >= 15 is 0 Å². The summed E-state index contributed by atoms with van der Waals surface area (Å²) in [6, 6.07) is 8.29. The summed E-state index contributed by atoms with van der Waals surface area (Å²) in [5.74, 6) is 0.759. The van der Waals surface area contributed by atoms with Crippen LogP contribution < -0.4 is 10.5 Å². The lowest BCUT2D eigenvalue weighted by molar-refractivity contribution is 0.439. The van der Waals surface area contributed by atoms with Crippen molar-refractivity contribution in [1.29, 1.82) is 0 Å². The molecule has 2 N–H and O–H groups in total.